The number of rotatable bonds is 3. The molecule has 3 rings (SSSR count). The maximum atomic E-state index is 13.2. The van der Waals surface area contributed by atoms with Gasteiger partial charge in [0.15, 0.2) is 0 Å². The molecule has 0 aliphatic carbocycles. The topological polar surface area (TPSA) is 69.7 Å². The largest absolute Gasteiger partial charge is 0.332 e. The normalized spacial score (nSPS) is 16.4. The van der Waals surface area contributed by atoms with Gasteiger partial charge in [-0.25, -0.2) is 0 Å². The first-order chi connectivity index (χ1) is 14.1. The molecule has 0 radical (unpaired) electrons. The molecular weight excluding hydrogens is 378 g/mol. The van der Waals surface area contributed by atoms with Crippen LogP contribution in [-0.2, 0) is 15.0 Å². The van der Waals surface area contributed by atoms with Crippen molar-refractivity contribution in [2.75, 3.05) is 23.8 Å². The van der Waals surface area contributed by atoms with E-state index < -0.39 is 0 Å². The number of benzene rings is 2. The zero-order valence-electron chi connectivity index (χ0n) is 18.2. The Balaban J connectivity index is 1.78. The number of nitrogens with zero attached hydrogens (tertiary/aromatic N) is 2. The highest BCUT2D eigenvalue weighted by molar-refractivity contribution is 6.06. The Morgan fingerprint density at radius 2 is 1.73 bits per heavy atom. The fourth-order valence-corrected chi connectivity index (χ4v) is 3.65. The van der Waals surface area contributed by atoms with Gasteiger partial charge in [0.05, 0.1) is 11.4 Å². The Morgan fingerprint density at radius 3 is 2.37 bits per heavy atom. The van der Waals surface area contributed by atoms with Crippen LogP contribution in [0.2, 0.25) is 0 Å². The maximum Gasteiger partial charge on any atom is 0.254 e. The fourth-order valence-electron chi connectivity index (χ4n) is 3.65. The van der Waals surface area contributed by atoms with Gasteiger partial charge in [-0.2, -0.15) is 0 Å². The third kappa shape index (κ3) is 4.53. The van der Waals surface area contributed by atoms with E-state index >= 15 is 0 Å². The van der Waals surface area contributed by atoms with Crippen LogP contribution in [0.1, 0.15) is 50.0 Å². The van der Waals surface area contributed by atoms with Gasteiger partial charge in [-0.1, -0.05) is 45.0 Å². The van der Waals surface area contributed by atoms with Crippen molar-refractivity contribution in [1.82, 2.24) is 4.90 Å². The summed E-state index contributed by atoms with van der Waals surface area (Å²) >= 11 is 0. The van der Waals surface area contributed by atoms with Crippen molar-refractivity contribution in [2.24, 2.45) is 0 Å². The van der Waals surface area contributed by atoms with Gasteiger partial charge in [0, 0.05) is 25.1 Å². The maximum absolute atomic E-state index is 13.2. The summed E-state index contributed by atoms with van der Waals surface area (Å²) in [4.78, 5) is 41.2. The second kappa shape index (κ2) is 8.30. The molecule has 30 heavy (non-hydrogen) atoms. The Kier molecular flexibility index (Phi) is 5.97. The number of hydrogen-bond acceptors (Lipinski definition) is 3. The van der Waals surface area contributed by atoms with E-state index in [0.717, 1.165) is 5.56 Å². The number of carbonyl (C=O) groups is 3. The van der Waals surface area contributed by atoms with Gasteiger partial charge in [0.1, 0.15) is 6.54 Å². The van der Waals surface area contributed by atoms with Crippen molar-refractivity contribution >= 4 is 29.1 Å². The first-order valence-electron chi connectivity index (χ1n) is 10.1. The number of para-hydroxylation sites is 2. The van der Waals surface area contributed by atoms with E-state index in [4.69, 9.17) is 0 Å². The van der Waals surface area contributed by atoms with E-state index in [9.17, 15) is 14.4 Å². The molecule has 0 fully saturated rings. The first kappa shape index (κ1) is 21.6. The third-order valence-electron chi connectivity index (χ3n) is 5.34. The molecule has 2 aromatic rings. The minimum absolute atomic E-state index is 0.00517. The van der Waals surface area contributed by atoms with Gasteiger partial charge in [-0.3, -0.25) is 14.4 Å². The number of anilines is 2. The first-order valence-corrected chi connectivity index (χ1v) is 10.1. The highest BCUT2D eigenvalue weighted by Gasteiger charge is 2.30. The summed E-state index contributed by atoms with van der Waals surface area (Å²) in [5.41, 5.74) is 2.94. The SMILES string of the molecule is CC1CC(=O)Nc2ccccc2N1C(=O)CN(C)C(=O)c1ccc(C(C)(C)C)cc1. The summed E-state index contributed by atoms with van der Waals surface area (Å²) < 4.78 is 0. The van der Waals surface area contributed by atoms with Crippen LogP contribution in [-0.4, -0.2) is 42.3 Å². The van der Waals surface area contributed by atoms with Crippen molar-refractivity contribution < 1.29 is 14.4 Å². The van der Waals surface area contributed by atoms with Crippen molar-refractivity contribution in [3.8, 4) is 0 Å². The molecule has 0 spiro atoms. The van der Waals surface area contributed by atoms with Crippen molar-refractivity contribution in [1.29, 1.82) is 0 Å². The summed E-state index contributed by atoms with van der Waals surface area (Å²) in [5.74, 6) is -0.573. The lowest BCUT2D eigenvalue weighted by molar-refractivity contribution is -0.119. The molecule has 158 valence electrons. The molecule has 0 saturated carbocycles. The van der Waals surface area contributed by atoms with Gasteiger partial charge < -0.3 is 15.1 Å². The number of carbonyl (C=O) groups excluding carboxylic acids is 3. The molecule has 2 aromatic carbocycles. The third-order valence-corrected chi connectivity index (χ3v) is 5.34. The lowest BCUT2D eigenvalue weighted by atomic mass is 9.86. The van der Waals surface area contributed by atoms with Gasteiger partial charge >= 0.3 is 0 Å². The number of fused-ring (bicyclic) bond motifs is 1. The van der Waals surface area contributed by atoms with E-state index in [-0.39, 0.29) is 42.1 Å². The van der Waals surface area contributed by atoms with Crippen LogP contribution in [0.3, 0.4) is 0 Å². The number of amides is 3. The highest BCUT2D eigenvalue weighted by atomic mass is 16.2. The Morgan fingerprint density at radius 1 is 1.10 bits per heavy atom. The minimum atomic E-state index is -0.310. The summed E-state index contributed by atoms with van der Waals surface area (Å²) in [5, 5.41) is 2.84. The van der Waals surface area contributed by atoms with Crippen LogP contribution < -0.4 is 10.2 Å². The van der Waals surface area contributed by atoms with Gasteiger partial charge in [-0.05, 0) is 42.2 Å². The summed E-state index contributed by atoms with van der Waals surface area (Å²) in [7, 11) is 1.62. The van der Waals surface area contributed by atoms with Crippen LogP contribution in [0.15, 0.2) is 48.5 Å². The number of hydrogen-bond donors (Lipinski definition) is 1. The summed E-state index contributed by atoms with van der Waals surface area (Å²) in [6.45, 7) is 8.12. The predicted octanol–water partition coefficient (Wildman–Crippen LogP) is 3.82. The van der Waals surface area contributed by atoms with Crippen LogP contribution in [0.5, 0.6) is 0 Å². The molecule has 1 unspecified atom stereocenters. The molecule has 1 aliphatic rings. The molecule has 1 N–H and O–H groups in total. The van der Waals surface area contributed by atoms with E-state index in [2.05, 4.69) is 26.1 Å². The monoisotopic (exact) mass is 407 g/mol. The van der Waals surface area contributed by atoms with E-state index in [1.807, 2.05) is 37.3 Å². The van der Waals surface area contributed by atoms with Crippen molar-refractivity contribution in [2.45, 2.75) is 45.6 Å². The van der Waals surface area contributed by atoms with Crippen LogP contribution >= 0.6 is 0 Å². The van der Waals surface area contributed by atoms with E-state index in [1.165, 1.54) is 4.90 Å². The summed E-state index contributed by atoms with van der Waals surface area (Å²) in [6.07, 6.45) is 0.201. The second-order valence-corrected chi connectivity index (χ2v) is 8.87. The van der Waals surface area contributed by atoms with E-state index in [0.29, 0.717) is 16.9 Å². The van der Waals surface area contributed by atoms with Gasteiger partial charge in [0.2, 0.25) is 11.8 Å². The number of likely N-dealkylation sites (N-methyl/N-ethyl adjacent to an activating group) is 1. The Hall–Kier alpha value is -3.15. The average molecular weight is 408 g/mol. The molecule has 1 heterocycles. The number of nitrogens with one attached hydrogen (secondary N) is 1. The molecule has 1 atom stereocenters. The molecule has 1 aliphatic heterocycles. The van der Waals surface area contributed by atoms with Crippen LogP contribution in [0.25, 0.3) is 0 Å². The van der Waals surface area contributed by atoms with Gasteiger partial charge in [0.25, 0.3) is 5.91 Å². The molecule has 6 nitrogen and oxygen atoms in total. The quantitative estimate of drug-likeness (QED) is 0.841. The zero-order chi connectivity index (χ0) is 22.1. The van der Waals surface area contributed by atoms with E-state index in [1.54, 1.807) is 30.1 Å². The Bertz CT molecular complexity index is 960. The lowest BCUT2D eigenvalue weighted by Gasteiger charge is -2.29. The van der Waals surface area contributed by atoms with Crippen molar-refractivity contribution in [3.63, 3.8) is 0 Å². The van der Waals surface area contributed by atoms with Gasteiger partial charge in [-0.15, -0.1) is 0 Å². The van der Waals surface area contributed by atoms with Crippen LogP contribution in [0, 0.1) is 0 Å². The molecule has 3 amide bonds. The molecule has 6 heteroatoms. The molecule has 0 bridgehead atoms. The molecular formula is C24H29N3O3. The van der Waals surface area contributed by atoms with Crippen LogP contribution in [0.4, 0.5) is 11.4 Å². The highest BCUT2D eigenvalue weighted by Crippen LogP contribution is 2.31. The zero-order valence-corrected chi connectivity index (χ0v) is 18.2. The fraction of sp³-hybridized carbons (Fsp3) is 0.375. The average Bonchev–Trinajstić information content (AvgIpc) is 2.80. The lowest BCUT2D eigenvalue weighted by Crippen LogP contribution is -2.45. The standard InChI is InChI=1S/C24H29N3O3/c1-16-14-21(28)25-19-8-6-7-9-20(19)27(16)22(29)15-26(5)23(30)17-10-12-18(13-11-17)24(2,3)4/h6-13,16H,14-15H2,1-5H3,(H,25,28). The van der Waals surface area contributed by atoms with Crippen molar-refractivity contribution in [3.05, 3.63) is 59.7 Å². The molecule has 0 aromatic heterocycles. The Labute approximate surface area is 177 Å². The minimum Gasteiger partial charge on any atom is -0.332 e. The smallest absolute Gasteiger partial charge is 0.254 e. The molecule has 0 saturated heterocycles. The second-order valence-electron chi connectivity index (χ2n) is 8.87. The predicted molar refractivity (Wildman–Crippen MR) is 119 cm³/mol. The summed E-state index contributed by atoms with van der Waals surface area (Å²) in [6, 6.07) is 14.4.